The Bertz CT molecular complexity index is 567. The SMILES string of the molecule is Cc1ncc(CNC(=O)NC2CCN(C(=O)OC(C)(C)C)C2)s1. The van der Waals surface area contributed by atoms with Crippen LogP contribution in [0.2, 0.25) is 0 Å². The van der Waals surface area contributed by atoms with Gasteiger partial charge in [-0.2, -0.15) is 0 Å². The maximum atomic E-state index is 12.0. The molecule has 0 saturated carbocycles. The van der Waals surface area contributed by atoms with E-state index in [9.17, 15) is 9.59 Å². The van der Waals surface area contributed by atoms with Crippen LogP contribution in [0.1, 0.15) is 37.1 Å². The zero-order chi connectivity index (χ0) is 17.0. The van der Waals surface area contributed by atoms with E-state index in [0.29, 0.717) is 19.6 Å². The highest BCUT2D eigenvalue weighted by molar-refractivity contribution is 7.11. The summed E-state index contributed by atoms with van der Waals surface area (Å²) in [4.78, 5) is 30.7. The minimum Gasteiger partial charge on any atom is -0.444 e. The number of aromatic nitrogens is 1. The zero-order valence-electron chi connectivity index (χ0n) is 14.0. The van der Waals surface area contributed by atoms with Crippen molar-refractivity contribution in [3.8, 4) is 0 Å². The van der Waals surface area contributed by atoms with Crippen LogP contribution in [0.3, 0.4) is 0 Å². The summed E-state index contributed by atoms with van der Waals surface area (Å²) in [5.41, 5.74) is -0.507. The average molecular weight is 340 g/mol. The summed E-state index contributed by atoms with van der Waals surface area (Å²) in [6.07, 6.45) is 2.16. The molecule has 1 saturated heterocycles. The van der Waals surface area contributed by atoms with Gasteiger partial charge in [-0.3, -0.25) is 0 Å². The maximum Gasteiger partial charge on any atom is 0.410 e. The number of ether oxygens (including phenoxy) is 1. The predicted molar refractivity (Wildman–Crippen MR) is 88.4 cm³/mol. The largest absolute Gasteiger partial charge is 0.444 e. The molecule has 1 aliphatic heterocycles. The van der Waals surface area contributed by atoms with Crippen LogP contribution >= 0.6 is 11.3 Å². The smallest absolute Gasteiger partial charge is 0.410 e. The normalized spacial score (nSPS) is 17.9. The minimum absolute atomic E-state index is 0.0503. The first-order valence-electron chi connectivity index (χ1n) is 7.66. The van der Waals surface area contributed by atoms with Crippen molar-refractivity contribution in [2.45, 2.75) is 52.3 Å². The number of urea groups is 1. The van der Waals surface area contributed by atoms with Gasteiger partial charge < -0.3 is 20.3 Å². The predicted octanol–water partition coefficient (Wildman–Crippen LogP) is 2.26. The topological polar surface area (TPSA) is 83.6 Å². The molecular weight excluding hydrogens is 316 g/mol. The number of carbonyl (C=O) groups is 2. The quantitative estimate of drug-likeness (QED) is 0.884. The standard InChI is InChI=1S/C15H24N4O3S/c1-10-16-7-12(23-10)8-17-13(20)18-11-5-6-19(9-11)14(21)22-15(2,3)4/h7,11H,5-6,8-9H2,1-4H3,(H2,17,18,20). The van der Waals surface area contributed by atoms with Gasteiger partial charge in [0.25, 0.3) is 0 Å². The number of thiazole rings is 1. The third-order valence-corrected chi connectivity index (χ3v) is 4.18. The molecule has 8 heteroatoms. The minimum atomic E-state index is -0.507. The van der Waals surface area contributed by atoms with Gasteiger partial charge in [0.2, 0.25) is 0 Å². The number of hydrogen-bond donors (Lipinski definition) is 2. The lowest BCUT2D eigenvalue weighted by atomic mass is 10.2. The number of aryl methyl sites for hydroxylation is 1. The van der Waals surface area contributed by atoms with Crippen LogP contribution in [0, 0.1) is 6.92 Å². The van der Waals surface area contributed by atoms with Gasteiger partial charge in [0.1, 0.15) is 5.60 Å². The van der Waals surface area contributed by atoms with Gasteiger partial charge in [-0.05, 0) is 34.1 Å². The lowest BCUT2D eigenvalue weighted by molar-refractivity contribution is 0.0291. The number of amides is 3. The van der Waals surface area contributed by atoms with Crippen LogP contribution in [0.5, 0.6) is 0 Å². The summed E-state index contributed by atoms with van der Waals surface area (Å²) in [5.74, 6) is 0. The van der Waals surface area contributed by atoms with E-state index >= 15 is 0 Å². The molecule has 2 N–H and O–H groups in total. The summed E-state index contributed by atoms with van der Waals surface area (Å²) >= 11 is 1.56. The Labute approximate surface area is 140 Å². The van der Waals surface area contributed by atoms with Crippen LogP contribution in [-0.2, 0) is 11.3 Å². The number of nitrogens with zero attached hydrogens (tertiary/aromatic N) is 2. The van der Waals surface area contributed by atoms with Crippen molar-refractivity contribution in [1.82, 2.24) is 20.5 Å². The van der Waals surface area contributed by atoms with E-state index in [1.165, 1.54) is 0 Å². The van der Waals surface area contributed by atoms with Crippen molar-refractivity contribution < 1.29 is 14.3 Å². The molecule has 1 aromatic rings. The molecule has 1 fully saturated rings. The first-order chi connectivity index (χ1) is 10.7. The monoisotopic (exact) mass is 340 g/mol. The van der Waals surface area contributed by atoms with Crippen molar-refractivity contribution in [1.29, 1.82) is 0 Å². The summed E-state index contributed by atoms with van der Waals surface area (Å²) in [6.45, 7) is 8.97. The van der Waals surface area contributed by atoms with E-state index < -0.39 is 5.60 Å². The van der Waals surface area contributed by atoms with Crippen LogP contribution in [-0.4, -0.2) is 46.7 Å². The number of nitrogens with one attached hydrogen (secondary N) is 2. The molecule has 2 rings (SSSR count). The molecule has 2 heterocycles. The fraction of sp³-hybridized carbons (Fsp3) is 0.667. The molecule has 23 heavy (non-hydrogen) atoms. The van der Waals surface area contributed by atoms with Crippen molar-refractivity contribution in [2.24, 2.45) is 0 Å². The molecule has 0 radical (unpaired) electrons. The van der Waals surface area contributed by atoms with E-state index in [1.54, 1.807) is 22.4 Å². The molecule has 1 aromatic heterocycles. The molecule has 0 aliphatic carbocycles. The van der Waals surface area contributed by atoms with Crippen LogP contribution in [0.25, 0.3) is 0 Å². The third kappa shape index (κ3) is 5.70. The Morgan fingerprint density at radius 2 is 2.22 bits per heavy atom. The van der Waals surface area contributed by atoms with E-state index in [-0.39, 0.29) is 18.2 Å². The first-order valence-corrected chi connectivity index (χ1v) is 8.48. The third-order valence-electron chi connectivity index (χ3n) is 3.27. The molecule has 1 unspecified atom stereocenters. The highest BCUT2D eigenvalue weighted by atomic mass is 32.1. The lowest BCUT2D eigenvalue weighted by Crippen LogP contribution is -2.44. The molecular formula is C15H24N4O3S. The molecule has 7 nitrogen and oxygen atoms in total. The van der Waals surface area contributed by atoms with Gasteiger partial charge >= 0.3 is 12.1 Å². The molecule has 0 aromatic carbocycles. The molecule has 0 spiro atoms. The van der Waals surface area contributed by atoms with Gasteiger partial charge in [-0.15, -0.1) is 11.3 Å². The Morgan fingerprint density at radius 3 is 2.83 bits per heavy atom. The van der Waals surface area contributed by atoms with Gasteiger partial charge in [-0.1, -0.05) is 0 Å². The zero-order valence-corrected chi connectivity index (χ0v) is 14.8. The second-order valence-electron chi connectivity index (χ2n) is 6.58. The average Bonchev–Trinajstić information content (AvgIpc) is 3.04. The van der Waals surface area contributed by atoms with Crippen LogP contribution in [0.15, 0.2) is 6.20 Å². The fourth-order valence-electron chi connectivity index (χ4n) is 2.26. The molecule has 0 bridgehead atoms. The van der Waals surface area contributed by atoms with E-state index in [0.717, 1.165) is 16.3 Å². The Kier molecular flexibility index (Phi) is 5.46. The molecule has 1 aliphatic rings. The second-order valence-corrected chi connectivity index (χ2v) is 7.90. The van der Waals surface area contributed by atoms with Crippen molar-refractivity contribution in [3.63, 3.8) is 0 Å². The highest BCUT2D eigenvalue weighted by Gasteiger charge is 2.30. The number of likely N-dealkylation sites (tertiary alicyclic amines) is 1. The van der Waals surface area contributed by atoms with Gasteiger partial charge in [0, 0.05) is 30.2 Å². The fourth-order valence-corrected chi connectivity index (χ4v) is 3.00. The van der Waals surface area contributed by atoms with Crippen LogP contribution < -0.4 is 10.6 Å². The lowest BCUT2D eigenvalue weighted by Gasteiger charge is -2.24. The molecule has 1 atom stereocenters. The Balaban J connectivity index is 1.72. The Morgan fingerprint density at radius 1 is 1.48 bits per heavy atom. The van der Waals surface area contributed by atoms with Crippen molar-refractivity contribution >= 4 is 23.5 Å². The maximum absolute atomic E-state index is 12.0. The van der Waals surface area contributed by atoms with Crippen LogP contribution in [0.4, 0.5) is 9.59 Å². The first kappa shape index (κ1) is 17.5. The highest BCUT2D eigenvalue weighted by Crippen LogP contribution is 2.15. The summed E-state index contributed by atoms with van der Waals surface area (Å²) in [5, 5.41) is 6.67. The molecule has 3 amide bonds. The second kappa shape index (κ2) is 7.16. The summed E-state index contributed by atoms with van der Waals surface area (Å²) in [7, 11) is 0. The number of rotatable bonds is 3. The van der Waals surface area contributed by atoms with Crippen molar-refractivity contribution in [2.75, 3.05) is 13.1 Å². The number of hydrogen-bond acceptors (Lipinski definition) is 5. The van der Waals surface area contributed by atoms with E-state index in [2.05, 4.69) is 15.6 Å². The number of carbonyl (C=O) groups excluding carboxylic acids is 2. The summed E-state index contributed by atoms with van der Waals surface area (Å²) < 4.78 is 5.34. The van der Waals surface area contributed by atoms with Gasteiger partial charge in [-0.25, -0.2) is 14.6 Å². The van der Waals surface area contributed by atoms with E-state index in [1.807, 2.05) is 27.7 Å². The van der Waals surface area contributed by atoms with Gasteiger partial charge in [0.05, 0.1) is 11.6 Å². The summed E-state index contributed by atoms with van der Waals surface area (Å²) in [6, 6.07) is -0.280. The van der Waals surface area contributed by atoms with E-state index in [4.69, 9.17) is 4.74 Å². The van der Waals surface area contributed by atoms with Gasteiger partial charge in [0.15, 0.2) is 0 Å². The molecule has 128 valence electrons. The Hall–Kier alpha value is -1.83. The van der Waals surface area contributed by atoms with Crippen molar-refractivity contribution in [3.05, 3.63) is 16.1 Å².